The third kappa shape index (κ3) is 5.06. The Labute approximate surface area is 211 Å². The van der Waals surface area contributed by atoms with Crippen molar-refractivity contribution in [1.82, 2.24) is 30.5 Å². The van der Waals surface area contributed by atoms with Gasteiger partial charge in [-0.1, -0.05) is 0 Å². The molecule has 2 aliphatic heterocycles. The largest absolute Gasteiger partial charge is 0.376 e. The second kappa shape index (κ2) is 9.88. The van der Waals surface area contributed by atoms with Crippen molar-refractivity contribution >= 4 is 40.8 Å². The number of carbonyl (C=O) groups is 2. The van der Waals surface area contributed by atoms with Crippen LogP contribution in [0.5, 0.6) is 0 Å². The molecular weight excluding hydrogens is 482 g/mol. The molecule has 1 atom stereocenters. The number of carbonyl (C=O) groups excluding carboxylic acids is 2. The highest BCUT2D eigenvalue weighted by molar-refractivity contribution is 7.17. The quantitative estimate of drug-likeness (QED) is 0.385. The average molecular weight is 510 g/mol. The average Bonchev–Trinajstić information content (AvgIpc) is 3.25. The van der Waals surface area contributed by atoms with Crippen molar-refractivity contribution in [3.63, 3.8) is 0 Å². The van der Waals surface area contributed by atoms with Crippen molar-refractivity contribution in [2.45, 2.75) is 37.8 Å². The molecule has 3 aromatic rings. The summed E-state index contributed by atoms with van der Waals surface area (Å²) in [6, 6.07) is 5.82. The maximum absolute atomic E-state index is 12.7. The Bertz CT molecular complexity index is 1320. The summed E-state index contributed by atoms with van der Waals surface area (Å²) in [5.74, 6) is 0.731. The summed E-state index contributed by atoms with van der Waals surface area (Å²) in [5.41, 5.74) is 2.76. The first-order valence-corrected chi connectivity index (χ1v) is 12.9. The van der Waals surface area contributed by atoms with E-state index in [1.807, 2.05) is 24.3 Å². The van der Waals surface area contributed by atoms with Crippen molar-refractivity contribution in [2.75, 3.05) is 31.8 Å². The first-order chi connectivity index (χ1) is 17.6. The van der Waals surface area contributed by atoms with E-state index in [1.165, 1.54) is 11.3 Å². The van der Waals surface area contributed by atoms with Crippen molar-refractivity contribution in [2.24, 2.45) is 0 Å². The number of hydrogen-bond donors (Lipinski definition) is 4. The van der Waals surface area contributed by atoms with E-state index >= 15 is 0 Å². The molecule has 1 aliphatic carbocycles. The van der Waals surface area contributed by atoms with E-state index in [9.17, 15) is 9.59 Å². The number of rotatable bonds is 7. The normalized spacial score (nSPS) is 21.3. The zero-order valence-corrected chi connectivity index (χ0v) is 20.4. The summed E-state index contributed by atoms with van der Waals surface area (Å²) in [6.07, 6.45) is 7.89. The molecule has 3 aliphatic rings. The Morgan fingerprint density at radius 2 is 2.22 bits per heavy atom. The van der Waals surface area contributed by atoms with Crippen molar-refractivity contribution in [3.8, 4) is 10.6 Å². The SMILES string of the molecule is O=C1NCOC/C(=C/c2cnn3c(NC4CC4)cc(-c4ccc(C(=O)NCC5CCCO5)s4)nc23)N1. The van der Waals surface area contributed by atoms with Crippen molar-refractivity contribution in [1.29, 1.82) is 0 Å². The van der Waals surface area contributed by atoms with Crippen LogP contribution in [0.15, 0.2) is 30.1 Å². The Balaban J connectivity index is 1.30. The van der Waals surface area contributed by atoms with Gasteiger partial charge in [0.2, 0.25) is 0 Å². The number of urea groups is 1. The zero-order chi connectivity index (χ0) is 24.5. The van der Waals surface area contributed by atoms with Gasteiger partial charge in [-0.05, 0) is 43.9 Å². The summed E-state index contributed by atoms with van der Waals surface area (Å²) < 4.78 is 12.8. The topological polar surface area (TPSA) is 131 Å². The number of anilines is 1. The lowest BCUT2D eigenvalue weighted by atomic mass is 10.2. The number of thiophene rings is 1. The molecule has 188 valence electrons. The molecule has 36 heavy (non-hydrogen) atoms. The molecule has 12 heteroatoms. The van der Waals surface area contributed by atoms with Gasteiger partial charge in [0, 0.05) is 36.5 Å². The number of nitrogens with zero attached hydrogens (tertiary/aromatic N) is 3. The third-order valence-electron chi connectivity index (χ3n) is 6.22. The van der Waals surface area contributed by atoms with Crippen LogP contribution in [-0.4, -0.2) is 65.2 Å². The van der Waals surface area contributed by atoms with Gasteiger partial charge in [0.05, 0.1) is 34.4 Å². The van der Waals surface area contributed by atoms with E-state index in [0.717, 1.165) is 54.2 Å². The minimum Gasteiger partial charge on any atom is -0.376 e. The van der Waals surface area contributed by atoms with E-state index in [1.54, 1.807) is 10.7 Å². The van der Waals surface area contributed by atoms with Crippen LogP contribution in [0, 0.1) is 0 Å². The molecule has 11 nitrogen and oxygen atoms in total. The van der Waals surface area contributed by atoms with E-state index < -0.39 is 0 Å². The lowest BCUT2D eigenvalue weighted by Gasteiger charge is -2.10. The molecule has 0 aromatic carbocycles. The van der Waals surface area contributed by atoms with Crippen LogP contribution in [0.4, 0.5) is 10.6 Å². The maximum Gasteiger partial charge on any atom is 0.320 e. The fraction of sp³-hybridized carbons (Fsp3) is 0.417. The molecule has 2 saturated heterocycles. The van der Waals surface area contributed by atoms with Gasteiger partial charge in [0.1, 0.15) is 12.5 Å². The number of hydrogen-bond acceptors (Lipinski definition) is 8. The predicted molar refractivity (Wildman–Crippen MR) is 135 cm³/mol. The second-order valence-electron chi connectivity index (χ2n) is 9.08. The molecule has 1 unspecified atom stereocenters. The van der Waals surface area contributed by atoms with Gasteiger partial charge >= 0.3 is 6.03 Å². The smallest absolute Gasteiger partial charge is 0.320 e. The van der Waals surface area contributed by atoms with E-state index in [0.29, 0.717) is 28.8 Å². The van der Waals surface area contributed by atoms with E-state index in [2.05, 4.69) is 26.4 Å². The number of amides is 3. The van der Waals surface area contributed by atoms with Gasteiger partial charge in [0.25, 0.3) is 5.91 Å². The summed E-state index contributed by atoms with van der Waals surface area (Å²) in [6.45, 7) is 1.70. The zero-order valence-electron chi connectivity index (χ0n) is 19.6. The molecule has 6 rings (SSSR count). The van der Waals surface area contributed by atoms with E-state index in [-0.39, 0.29) is 31.4 Å². The second-order valence-corrected chi connectivity index (χ2v) is 10.2. The lowest BCUT2D eigenvalue weighted by molar-refractivity contribution is 0.0861. The number of ether oxygens (including phenoxy) is 2. The van der Waals surface area contributed by atoms with Gasteiger partial charge in [-0.25, -0.2) is 9.78 Å². The van der Waals surface area contributed by atoms with Crippen LogP contribution in [0.25, 0.3) is 22.3 Å². The van der Waals surface area contributed by atoms with Crippen LogP contribution >= 0.6 is 11.3 Å². The Hall–Kier alpha value is -3.48. The van der Waals surface area contributed by atoms with Crippen LogP contribution < -0.4 is 21.3 Å². The molecule has 0 bridgehead atoms. The molecule has 4 N–H and O–H groups in total. The van der Waals surface area contributed by atoms with Crippen LogP contribution in [0.3, 0.4) is 0 Å². The molecule has 3 fully saturated rings. The maximum atomic E-state index is 12.7. The summed E-state index contributed by atoms with van der Waals surface area (Å²) in [4.78, 5) is 31.0. The Morgan fingerprint density at radius 1 is 1.31 bits per heavy atom. The minimum atomic E-state index is -0.316. The molecule has 0 radical (unpaired) electrons. The molecule has 3 amide bonds. The lowest BCUT2D eigenvalue weighted by Crippen LogP contribution is -2.32. The fourth-order valence-corrected chi connectivity index (χ4v) is 5.10. The fourth-order valence-electron chi connectivity index (χ4n) is 4.21. The van der Waals surface area contributed by atoms with Gasteiger partial charge in [-0.3, -0.25) is 4.79 Å². The van der Waals surface area contributed by atoms with Crippen LogP contribution in [0.2, 0.25) is 0 Å². The summed E-state index contributed by atoms with van der Waals surface area (Å²) >= 11 is 1.40. The number of nitrogens with one attached hydrogen (secondary N) is 4. The third-order valence-corrected chi connectivity index (χ3v) is 7.33. The van der Waals surface area contributed by atoms with Gasteiger partial charge in [-0.15, -0.1) is 11.3 Å². The Morgan fingerprint density at radius 3 is 3.06 bits per heavy atom. The molecule has 5 heterocycles. The minimum absolute atomic E-state index is 0.0994. The van der Waals surface area contributed by atoms with Crippen molar-refractivity contribution < 1.29 is 19.1 Å². The first-order valence-electron chi connectivity index (χ1n) is 12.1. The highest BCUT2D eigenvalue weighted by atomic mass is 32.1. The molecule has 0 spiro atoms. The van der Waals surface area contributed by atoms with E-state index in [4.69, 9.17) is 14.5 Å². The van der Waals surface area contributed by atoms with Crippen LogP contribution in [0.1, 0.15) is 40.9 Å². The number of aromatic nitrogens is 3. The number of fused-ring (bicyclic) bond motifs is 1. The first kappa shape index (κ1) is 23.0. The molecular formula is C24H27N7O4S. The summed E-state index contributed by atoms with van der Waals surface area (Å²) in [7, 11) is 0. The van der Waals surface area contributed by atoms with Gasteiger partial charge in [0.15, 0.2) is 5.65 Å². The van der Waals surface area contributed by atoms with Crippen LogP contribution in [-0.2, 0) is 9.47 Å². The Kier molecular flexibility index (Phi) is 6.30. The van der Waals surface area contributed by atoms with Gasteiger partial charge in [-0.2, -0.15) is 9.61 Å². The van der Waals surface area contributed by atoms with Crippen molar-refractivity contribution in [3.05, 3.63) is 40.5 Å². The molecule has 1 saturated carbocycles. The summed E-state index contributed by atoms with van der Waals surface area (Å²) in [5, 5.41) is 16.4. The standard InChI is InChI=1S/C24H27N7O4S/c32-23(25-11-17-2-1-7-35-17)20-6-5-19(36-20)18-9-21(28-15-3-4-15)31-22(30-18)14(10-27-31)8-16-12-34-13-26-24(33)29-16/h5-6,8-10,15,17,28H,1-4,7,11-13H2,(H,25,32)(H2,26,29,33)/b16-8-. The highest BCUT2D eigenvalue weighted by Gasteiger charge is 2.24. The predicted octanol–water partition coefficient (Wildman–Crippen LogP) is 2.57. The van der Waals surface area contributed by atoms with Gasteiger partial charge < -0.3 is 30.7 Å². The molecule has 3 aromatic heterocycles. The highest BCUT2D eigenvalue weighted by Crippen LogP contribution is 2.32. The monoisotopic (exact) mass is 509 g/mol.